The lowest BCUT2D eigenvalue weighted by molar-refractivity contribution is -0.123. The second-order valence-electron chi connectivity index (χ2n) is 5.28. The lowest BCUT2D eigenvalue weighted by Crippen LogP contribution is -2.34. The average molecular weight is 265 g/mol. The molecule has 0 spiro atoms. The molecule has 3 atom stereocenters. The number of hydrogen-bond donors (Lipinski definition) is 2. The standard InChI is InChI=1S/C15H20FNO2/c1-10(3-2-8-18)17-15(19)14-9-13(14)11-4-6-12(16)7-5-11/h4-7,10,13-14,18H,2-3,8-9H2,1H3,(H,17,19). The van der Waals surface area contributed by atoms with Crippen LogP contribution < -0.4 is 5.32 Å². The molecule has 3 nitrogen and oxygen atoms in total. The maximum atomic E-state index is 12.8. The van der Waals surface area contributed by atoms with Crippen LogP contribution in [0, 0.1) is 11.7 Å². The van der Waals surface area contributed by atoms with E-state index < -0.39 is 0 Å². The molecule has 0 aliphatic heterocycles. The van der Waals surface area contributed by atoms with Crippen molar-refractivity contribution in [3.8, 4) is 0 Å². The van der Waals surface area contributed by atoms with Gasteiger partial charge in [0.15, 0.2) is 0 Å². The molecule has 0 heterocycles. The molecule has 2 rings (SSSR count). The van der Waals surface area contributed by atoms with Gasteiger partial charge in [0.2, 0.25) is 5.91 Å². The molecule has 2 N–H and O–H groups in total. The minimum atomic E-state index is -0.247. The first-order valence-corrected chi connectivity index (χ1v) is 6.78. The van der Waals surface area contributed by atoms with Crippen LogP contribution in [0.1, 0.15) is 37.7 Å². The Bertz CT molecular complexity index is 432. The lowest BCUT2D eigenvalue weighted by atomic mass is 10.1. The van der Waals surface area contributed by atoms with E-state index >= 15 is 0 Å². The van der Waals surface area contributed by atoms with Crippen molar-refractivity contribution < 1.29 is 14.3 Å². The number of amides is 1. The van der Waals surface area contributed by atoms with Crippen LogP contribution in [-0.4, -0.2) is 23.7 Å². The van der Waals surface area contributed by atoms with E-state index in [4.69, 9.17) is 5.11 Å². The number of nitrogens with one attached hydrogen (secondary N) is 1. The topological polar surface area (TPSA) is 49.3 Å². The molecule has 1 saturated carbocycles. The minimum Gasteiger partial charge on any atom is -0.396 e. The van der Waals surface area contributed by atoms with E-state index in [1.807, 2.05) is 6.92 Å². The number of aliphatic hydroxyl groups excluding tert-OH is 1. The molecule has 3 unspecified atom stereocenters. The van der Waals surface area contributed by atoms with Crippen molar-refractivity contribution in [1.29, 1.82) is 0 Å². The molecule has 0 saturated heterocycles. The number of aliphatic hydroxyl groups is 1. The van der Waals surface area contributed by atoms with Gasteiger partial charge >= 0.3 is 0 Å². The van der Waals surface area contributed by atoms with Crippen molar-refractivity contribution in [2.24, 2.45) is 5.92 Å². The third-order valence-electron chi connectivity index (χ3n) is 3.61. The Kier molecular flexibility index (Phi) is 4.53. The van der Waals surface area contributed by atoms with Crippen molar-refractivity contribution >= 4 is 5.91 Å². The normalized spacial score (nSPS) is 22.9. The summed E-state index contributed by atoms with van der Waals surface area (Å²) in [4.78, 5) is 12.0. The van der Waals surface area contributed by atoms with Gasteiger partial charge in [0, 0.05) is 18.6 Å². The first-order valence-electron chi connectivity index (χ1n) is 6.78. The summed E-state index contributed by atoms with van der Waals surface area (Å²) in [6.45, 7) is 2.10. The van der Waals surface area contributed by atoms with Gasteiger partial charge in [0.05, 0.1) is 0 Å². The fraction of sp³-hybridized carbons (Fsp3) is 0.533. The van der Waals surface area contributed by atoms with Gasteiger partial charge in [-0.15, -0.1) is 0 Å². The Balaban J connectivity index is 1.82. The molecule has 1 aromatic rings. The zero-order chi connectivity index (χ0) is 13.8. The lowest BCUT2D eigenvalue weighted by Gasteiger charge is -2.13. The molecule has 1 aliphatic rings. The maximum Gasteiger partial charge on any atom is 0.223 e. The summed E-state index contributed by atoms with van der Waals surface area (Å²) in [5, 5.41) is 11.7. The number of carbonyl (C=O) groups excluding carboxylic acids is 1. The molecule has 0 radical (unpaired) electrons. The monoisotopic (exact) mass is 265 g/mol. The van der Waals surface area contributed by atoms with Crippen LogP contribution in [-0.2, 0) is 4.79 Å². The summed E-state index contributed by atoms with van der Waals surface area (Å²) in [5.41, 5.74) is 1.03. The van der Waals surface area contributed by atoms with E-state index in [0.29, 0.717) is 6.42 Å². The van der Waals surface area contributed by atoms with Crippen LogP contribution in [0.2, 0.25) is 0 Å². The Hall–Kier alpha value is -1.42. The van der Waals surface area contributed by atoms with E-state index in [9.17, 15) is 9.18 Å². The van der Waals surface area contributed by atoms with Crippen molar-refractivity contribution in [3.63, 3.8) is 0 Å². The molecule has 104 valence electrons. The quantitative estimate of drug-likeness (QED) is 0.828. The van der Waals surface area contributed by atoms with E-state index in [1.165, 1.54) is 12.1 Å². The predicted octanol–water partition coefficient (Wildman–Crippen LogP) is 2.21. The predicted molar refractivity (Wildman–Crippen MR) is 71.2 cm³/mol. The van der Waals surface area contributed by atoms with Gasteiger partial charge in [-0.2, -0.15) is 0 Å². The molecule has 1 fully saturated rings. The molecule has 1 amide bonds. The second kappa shape index (κ2) is 6.15. The first-order chi connectivity index (χ1) is 9.11. The first kappa shape index (κ1) is 14.0. The molecular weight excluding hydrogens is 245 g/mol. The van der Waals surface area contributed by atoms with E-state index in [1.54, 1.807) is 12.1 Å². The van der Waals surface area contributed by atoms with Crippen molar-refractivity contribution in [2.45, 2.75) is 38.1 Å². The molecule has 4 heteroatoms. The van der Waals surface area contributed by atoms with Gasteiger partial charge in [-0.1, -0.05) is 12.1 Å². The number of halogens is 1. The second-order valence-corrected chi connectivity index (χ2v) is 5.28. The van der Waals surface area contributed by atoms with Crippen LogP contribution in [0.5, 0.6) is 0 Å². The van der Waals surface area contributed by atoms with E-state index in [-0.39, 0.29) is 36.2 Å². The van der Waals surface area contributed by atoms with Gasteiger partial charge in [0.25, 0.3) is 0 Å². The molecule has 1 aliphatic carbocycles. The highest BCUT2D eigenvalue weighted by Crippen LogP contribution is 2.47. The zero-order valence-corrected chi connectivity index (χ0v) is 11.1. The van der Waals surface area contributed by atoms with Crippen LogP contribution in [0.25, 0.3) is 0 Å². The van der Waals surface area contributed by atoms with Gasteiger partial charge in [0.1, 0.15) is 5.82 Å². The zero-order valence-electron chi connectivity index (χ0n) is 11.1. The Morgan fingerprint density at radius 2 is 2.16 bits per heavy atom. The summed E-state index contributed by atoms with van der Waals surface area (Å²) < 4.78 is 12.8. The molecule has 19 heavy (non-hydrogen) atoms. The van der Waals surface area contributed by atoms with Gasteiger partial charge in [-0.3, -0.25) is 4.79 Å². The van der Waals surface area contributed by atoms with E-state index in [2.05, 4.69) is 5.32 Å². The SMILES string of the molecule is CC(CCCO)NC(=O)C1CC1c1ccc(F)cc1. The van der Waals surface area contributed by atoms with Crippen LogP contribution in [0.3, 0.4) is 0 Å². The van der Waals surface area contributed by atoms with Gasteiger partial charge in [-0.05, 0) is 49.8 Å². The molecule has 0 bridgehead atoms. The molecular formula is C15H20FNO2. The fourth-order valence-electron chi connectivity index (χ4n) is 2.38. The Morgan fingerprint density at radius 3 is 2.79 bits per heavy atom. The van der Waals surface area contributed by atoms with Crippen molar-refractivity contribution in [1.82, 2.24) is 5.32 Å². The maximum absolute atomic E-state index is 12.8. The number of rotatable bonds is 6. The van der Waals surface area contributed by atoms with Gasteiger partial charge in [-0.25, -0.2) is 4.39 Å². The summed E-state index contributed by atoms with van der Waals surface area (Å²) >= 11 is 0. The summed E-state index contributed by atoms with van der Waals surface area (Å²) in [7, 11) is 0. The molecule has 1 aromatic carbocycles. The highest BCUT2D eigenvalue weighted by Gasteiger charge is 2.44. The van der Waals surface area contributed by atoms with E-state index in [0.717, 1.165) is 18.4 Å². The summed E-state index contributed by atoms with van der Waals surface area (Å²) in [6.07, 6.45) is 2.33. The number of hydrogen-bond acceptors (Lipinski definition) is 2. The average Bonchev–Trinajstić information content (AvgIpc) is 3.17. The Labute approximate surface area is 112 Å². The highest BCUT2D eigenvalue weighted by atomic mass is 19.1. The van der Waals surface area contributed by atoms with Crippen LogP contribution in [0.15, 0.2) is 24.3 Å². The third kappa shape index (κ3) is 3.77. The van der Waals surface area contributed by atoms with Crippen molar-refractivity contribution in [2.75, 3.05) is 6.61 Å². The van der Waals surface area contributed by atoms with Gasteiger partial charge < -0.3 is 10.4 Å². The number of carbonyl (C=O) groups is 1. The molecule has 0 aromatic heterocycles. The summed E-state index contributed by atoms with van der Waals surface area (Å²) in [6, 6.07) is 6.47. The van der Waals surface area contributed by atoms with Crippen LogP contribution >= 0.6 is 0 Å². The van der Waals surface area contributed by atoms with Crippen LogP contribution in [0.4, 0.5) is 4.39 Å². The third-order valence-corrected chi connectivity index (χ3v) is 3.61. The largest absolute Gasteiger partial charge is 0.396 e. The summed E-state index contributed by atoms with van der Waals surface area (Å²) in [5.74, 6) is 0.0653. The van der Waals surface area contributed by atoms with Crippen molar-refractivity contribution in [3.05, 3.63) is 35.6 Å². The highest BCUT2D eigenvalue weighted by molar-refractivity contribution is 5.83. The number of benzene rings is 1. The smallest absolute Gasteiger partial charge is 0.223 e. The Morgan fingerprint density at radius 1 is 1.47 bits per heavy atom. The fourth-order valence-corrected chi connectivity index (χ4v) is 2.38. The minimum absolute atomic E-state index is 0.0158.